The first kappa shape index (κ1) is 23.2. The molecule has 0 spiro atoms. The molecule has 1 unspecified atom stereocenters. The van der Waals surface area contributed by atoms with Crippen LogP contribution in [0.15, 0.2) is 53.5 Å². The molecule has 5 nitrogen and oxygen atoms in total. The van der Waals surface area contributed by atoms with E-state index in [2.05, 4.69) is 65.9 Å². The average Bonchev–Trinajstić information content (AvgIpc) is 3.15. The van der Waals surface area contributed by atoms with Crippen LogP contribution in [0.4, 0.5) is 5.69 Å². The van der Waals surface area contributed by atoms with Crippen LogP contribution in [0.5, 0.6) is 0 Å². The monoisotopic (exact) mass is 506 g/mol. The second kappa shape index (κ2) is 11.2. The molecule has 6 heteroatoms. The van der Waals surface area contributed by atoms with Crippen LogP contribution in [-0.2, 0) is 11.3 Å². The lowest BCUT2D eigenvalue weighted by atomic mass is 10.0. The first-order valence-corrected chi connectivity index (χ1v) is 9.97. The van der Waals surface area contributed by atoms with Crippen LogP contribution < -0.4 is 15.5 Å². The molecule has 2 aromatic rings. The minimum absolute atomic E-state index is 0. The van der Waals surface area contributed by atoms with Crippen molar-refractivity contribution in [3.05, 3.63) is 65.2 Å². The van der Waals surface area contributed by atoms with E-state index in [1.807, 2.05) is 17.0 Å². The Morgan fingerprint density at radius 1 is 1.10 bits per heavy atom. The Morgan fingerprint density at radius 2 is 1.79 bits per heavy atom. The predicted octanol–water partition coefficient (Wildman–Crippen LogP) is 4.21. The van der Waals surface area contributed by atoms with Gasteiger partial charge < -0.3 is 15.5 Å². The molecule has 0 radical (unpaired) electrons. The first-order chi connectivity index (χ1) is 13.6. The Labute approximate surface area is 191 Å². The topological polar surface area (TPSA) is 56.7 Å². The van der Waals surface area contributed by atoms with Crippen molar-refractivity contribution < 1.29 is 4.79 Å². The Balaban J connectivity index is 0.00000300. The summed E-state index contributed by atoms with van der Waals surface area (Å²) in [4.78, 5) is 18.0. The molecule has 1 heterocycles. The summed E-state index contributed by atoms with van der Waals surface area (Å²) in [5.41, 5.74) is 4.74. The van der Waals surface area contributed by atoms with Crippen LogP contribution >= 0.6 is 24.0 Å². The molecule has 1 aliphatic rings. The van der Waals surface area contributed by atoms with Crippen molar-refractivity contribution in [2.75, 3.05) is 25.0 Å². The average molecular weight is 506 g/mol. The fraction of sp³-hybridized carbons (Fsp3) is 0.391. The molecule has 1 aliphatic heterocycles. The van der Waals surface area contributed by atoms with E-state index >= 15 is 0 Å². The maximum absolute atomic E-state index is 11.8. The highest BCUT2D eigenvalue weighted by molar-refractivity contribution is 14.0. The third-order valence-corrected chi connectivity index (χ3v) is 5.23. The Hall–Kier alpha value is -2.09. The van der Waals surface area contributed by atoms with Crippen molar-refractivity contribution in [3.8, 4) is 0 Å². The van der Waals surface area contributed by atoms with Gasteiger partial charge in [-0.2, -0.15) is 0 Å². The van der Waals surface area contributed by atoms with Gasteiger partial charge in [0.15, 0.2) is 5.96 Å². The van der Waals surface area contributed by atoms with Gasteiger partial charge in [-0.3, -0.25) is 9.79 Å². The summed E-state index contributed by atoms with van der Waals surface area (Å²) >= 11 is 0. The van der Waals surface area contributed by atoms with E-state index in [0.29, 0.717) is 18.9 Å². The van der Waals surface area contributed by atoms with Crippen LogP contribution in [0.3, 0.4) is 0 Å². The van der Waals surface area contributed by atoms with Crippen LogP contribution in [0.25, 0.3) is 0 Å². The molecule has 1 amide bonds. The number of hydrogen-bond donors (Lipinski definition) is 2. The minimum Gasteiger partial charge on any atom is -0.356 e. The summed E-state index contributed by atoms with van der Waals surface area (Å²) in [7, 11) is 1.79. The van der Waals surface area contributed by atoms with Crippen molar-refractivity contribution >= 4 is 41.5 Å². The number of nitrogens with zero attached hydrogens (tertiary/aromatic N) is 2. The molecule has 29 heavy (non-hydrogen) atoms. The molecular formula is C23H31IN4O. The van der Waals surface area contributed by atoms with Gasteiger partial charge in [0.05, 0.1) is 0 Å². The number of anilines is 1. The maximum atomic E-state index is 11.8. The first-order valence-electron chi connectivity index (χ1n) is 9.97. The lowest BCUT2D eigenvalue weighted by Gasteiger charge is -2.18. The zero-order chi connectivity index (χ0) is 19.9. The van der Waals surface area contributed by atoms with E-state index in [0.717, 1.165) is 36.7 Å². The standard InChI is InChI=1S/C23H30N4O.HI/c1-17-6-10-20(11-7-17)18(2)15-25-23(24-3)26-16-19-8-12-21(13-9-19)27-14-4-5-22(27)28;/h6-13,18H,4-5,14-16H2,1-3H3,(H2,24,25,26);1H. The quantitative estimate of drug-likeness (QED) is 0.351. The normalized spacial score (nSPS) is 15.1. The second-order valence-corrected chi connectivity index (χ2v) is 7.43. The minimum atomic E-state index is 0. The maximum Gasteiger partial charge on any atom is 0.227 e. The van der Waals surface area contributed by atoms with E-state index in [9.17, 15) is 4.79 Å². The summed E-state index contributed by atoms with van der Waals surface area (Å²) < 4.78 is 0. The molecule has 0 bridgehead atoms. The van der Waals surface area contributed by atoms with Gasteiger partial charge in [-0.15, -0.1) is 24.0 Å². The number of guanidine groups is 1. The molecule has 0 saturated carbocycles. The zero-order valence-electron chi connectivity index (χ0n) is 17.4. The number of aryl methyl sites for hydroxylation is 1. The summed E-state index contributed by atoms with van der Waals surface area (Å²) in [5.74, 6) is 1.41. The van der Waals surface area contributed by atoms with E-state index in [-0.39, 0.29) is 29.9 Å². The summed E-state index contributed by atoms with van der Waals surface area (Å²) in [6.07, 6.45) is 1.61. The van der Waals surface area contributed by atoms with Gasteiger partial charge in [-0.1, -0.05) is 48.9 Å². The third kappa shape index (κ3) is 6.45. The van der Waals surface area contributed by atoms with E-state index in [1.165, 1.54) is 11.1 Å². The summed E-state index contributed by atoms with van der Waals surface area (Å²) in [5, 5.41) is 6.76. The number of halogens is 1. The molecule has 2 aromatic carbocycles. The Bertz CT molecular complexity index is 818. The van der Waals surface area contributed by atoms with Crippen LogP contribution in [-0.4, -0.2) is 32.0 Å². The molecule has 1 atom stereocenters. The number of hydrogen-bond acceptors (Lipinski definition) is 2. The molecule has 1 saturated heterocycles. The smallest absolute Gasteiger partial charge is 0.227 e. The highest BCUT2D eigenvalue weighted by atomic mass is 127. The molecule has 0 aromatic heterocycles. The van der Waals surface area contributed by atoms with Gasteiger partial charge >= 0.3 is 0 Å². The molecule has 1 fully saturated rings. The molecule has 2 N–H and O–H groups in total. The van der Waals surface area contributed by atoms with Gasteiger partial charge in [0.25, 0.3) is 0 Å². The molecular weight excluding hydrogens is 475 g/mol. The van der Waals surface area contributed by atoms with E-state index < -0.39 is 0 Å². The lowest BCUT2D eigenvalue weighted by Crippen LogP contribution is -2.38. The molecule has 0 aliphatic carbocycles. The van der Waals surface area contributed by atoms with Crippen molar-refractivity contribution in [3.63, 3.8) is 0 Å². The van der Waals surface area contributed by atoms with Crippen molar-refractivity contribution in [2.45, 2.75) is 39.2 Å². The summed E-state index contributed by atoms with van der Waals surface area (Å²) in [6.45, 7) is 6.65. The number of benzene rings is 2. The molecule has 3 rings (SSSR count). The Kier molecular flexibility index (Phi) is 8.95. The van der Waals surface area contributed by atoms with Gasteiger partial charge in [-0.25, -0.2) is 0 Å². The largest absolute Gasteiger partial charge is 0.356 e. The van der Waals surface area contributed by atoms with Crippen molar-refractivity contribution in [1.29, 1.82) is 0 Å². The van der Waals surface area contributed by atoms with Gasteiger partial charge in [0, 0.05) is 38.8 Å². The van der Waals surface area contributed by atoms with Crippen LogP contribution in [0.1, 0.15) is 42.4 Å². The SMILES string of the molecule is CN=C(NCc1ccc(N2CCCC2=O)cc1)NCC(C)c1ccc(C)cc1.I. The summed E-state index contributed by atoms with van der Waals surface area (Å²) in [6, 6.07) is 16.9. The van der Waals surface area contributed by atoms with Crippen molar-refractivity contribution in [1.82, 2.24) is 10.6 Å². The van der Waals surface area contributed by atoms with Crippen LogP contribution in [0.2, 0.25) is 0 Å². The van der Waals surface area contributed by atoms with Gasteiger partial charge in [-0.05, 0) is 42.5 Å². The Morgan fingerprint density at radius 3 is 2.38 bits per heavy atom. The van der Waals surface area contributed by atoms with E-state index in [1.54, 1.807) is 7.05 Å². The number of amides is 1. The number of carbonyl (C=O) groups excluding carboxylic acids is 1. The highest BCUT2D eigenvalue weighted by Gasteiger charge is 2.21. The number of nitrogens with one attached hydrogen (secondary N) is 2. The highest BCUT2D eigenvalue weighted by Crippen LogP contribution is 2.21. The number of rotatable bonds is 6. The fourth-order valence-electron chi connectivity index (χ4n) is 3.38. The second-order valence-electron chi connectivity index (χ2n) is 7.43. The number of aliphatic imine (C=N–C) groups is 1. The third-order valence-electron chi connectivity index (χ3n) is 5.23. The number of carbonyl (C=O) groups is 1. The van der Waals surface area contributed by atoms with Crippen molar-refractivity contribution in [2.24, 2.45) is 4.99 Å². The van der Waals surface area contributed by atoms with Crippen LogP contribution in [0, 0.1) is 6.92 Å². The lowest BCUT2D eigenvalue weighted by molar-refractivity contribution is -0.117. The van der Waals surface area contributed by atoms with Gasteiger partial charge in [0.1, 0.15) is 0 Å². The van der Waals surface area contributed by atoms with E-state index in [4.69, 9.17) is 0 Å². The molecule has 156 valence electrons. The zero-order valence-corrected chi connectivity index (χ0v) is 19.8. The van der Waals surface area contributed by atoms with Gasteiger partial charge in [0.2, 0.25) is 5.91 Å². The fourth-order valence-corrected chi connectivity index (χ4v) is 3.38. The predicted molar refractivity (Wildman–Crippen MR) is 131 cm³/mol.